The van der Waals surface area contributed by atoms with Crippen molar-refractivity contribution in [2.24, 2.45) is 0 Å². The quantitative estimate of drug-likeness (QED) is 0.902. The fraction of sp³-hybridized carbons (Fsp3) is 0.308. The normalized spacial score (nSPS) is 11.5. The molecular weight excluding hydrogens is 248 g/mol. The second-order valence-corrected chi connectivity index (χ2v) is 5.88. The van der Waals surface area contributed by atoms with Gasteiger partial charge in [-0.3, -0.25) is 0 Å². The molecule has 0 aliphatic heterocycles. The molecule has 0 saturated carbocycles. The summed E-state index contributed by atoms with van der Waals surface area (Å²) in [6.07, 6.45) is 1.71. The minimum atomic E-state index is -0.946. The molecule has 94 valence electrons. The fourth-order valence-corrected chi connectivity index (χ4v) is 2.28. The number of nitrogens with zero attached hydrogens (tertiary/aromatic N) is 2. The van der Waals surface area contributed by atoms with Gasteiger partial charge in [-0.2, -0.15) is 0 Å². The summed E-state index contributed by atoms with van der Waals surface area (Å²) in [5.74, 6) is -0.946. The van der Waals surface area contributed by atoms with Gasteiger partial charge in [-0.15, -0.1) is 11.3 Å². The Kier molecular flexibility index (Phi) is 3.17. The summed E-state index contributed by atoms with van der Waals surface area (Å²) in [7, 11) is 0. The number of hydrogen-bond donors (Lipinski definition) is 1. The number of aromatic carboxylic acids is 1. The third-order valence-electron chi connectivity index (χ3n) is 2.49. The van der Waals surface area contributed by atoms with Crippen LogP contribution in [0.1, 0.15) is 36.8 Å². The Balaban J connectivity index is 2.60. The van der Waals surface area contributed by atoms with Gasteiger partial charge in [0, 0.05) is 17.0 Å². The molecule has 0 aromatic carbocycles. The van der Waals surface area contributed by atoms with Crippen molar-refractivity contribution in [1.29, 1.82) is 0 Å². The lowest BCUT2D eigenvalue weighted by atomic mass is 9.88. The molecule has 2 aromatic heterocycles. The van der Waals surface area contributed by atoms with Crippen molar-refractivity contribution in [3.63, 3.8) is 0 Å². The molecule has 0 aliphatic carbocycles. The first-order valence-electron chi connectivity index (χ1n) is 5.54. The summed E-state index contributed by atoms with van der Waals surface area (Å²) in [6.45, 7) is 5.86. The molecule has 0 unspecified atom stereocenters. The molecule has 0 bridgehead atoms. The molecule has 0 amide bonds. The first-order valence-corrected chi connectivity index (χ1v) is 6.42. The van der Waals surface area contributed by atoms with E-state index in [4.69, 9.17) is 0 Å². The number of hydrogen-bond acceptors (Lipinski definition) is 4. The summed E-state index contributed by atoms with van der Waals surface area (Å²) in [6, 6.07) is 3.31. The average molecular weight is 262 g/mol. The predicted octanol–water partition coefficient (Wildman–Crippen LogP) is 3.20. The van der Waals surface area contributed by atoms with Gasteiger partial charge < -0.3 is 5.11 Å². The Hall–Kier alpha value is -1.75. The average Bonchev–Trinajstić information content (AvgIpc) is 2.80. The van der Waals surface area contributed by atoms with Crippen molar-refractivity contribution in [1.82, 2.24) is 9.97 Å². The number of carboxylic acids is 1. The number of carboxylic acid groups (broad SMARTS) is 1. The summed E-state index contributed by atoms with van der Waals surface area (Å²) in [5, 5.41) is 11.9. The zero-order valence-electron chi connectivity index (χ0n) is 10.5. The van der Waals surface area contributed by atoms with Crippen LogP contribution in [-0.2, 0) is 5.41 Å². The molecule has 2 heterocycles. The molecule has 0 radical (unpaired) electrons. The van der Waals surface area contributed by atoms with E-state index < -0.39 is 5.97 Å². The van der Waals surface area contributed by atoms with E-state index in [-0.39, 0.29) is 11.0 Å². The maximum atomic E-state index is 11.2. The number of thiazole rings is 1. The smallest absolute Gasteiger partial charge is 0.337 e. The maximum Gasteiger partial charge on any atom is 0.337 e. The van der Waals surface area contributed by atoms with Gasteiger partial charge in [-0.1, -0.05) is 20.8 Å². The standard InChI is InChI=1S/C13H14N2O2S/c1-13(2,3)10-8(12(16)17)4-5-9(15-10)11-14-6-7-18-11/h4-7H,1-3H3,(H,16,17). The van der Waals surface area contributed by atoms with Crippen LogP contribution in [0, 0.1) is 0 Å². The Morgan fingerprint density at radius 1 is 1.33 bits per heavy atom. The molecule has 5 heteroatoms. The van der Waals surface area contributed by atoms with Crippen LogP contribution >= 0.6 is 11.3 Å². The zero-order chi connectivity index (χ0) is 13.3. The Labute approximate surface area is 109 Å². The number of rotatable bonds is 2. The second-order valence-electron chi connectivity index (χ2n) is 4.99. The van der Waals surface area contributed by atoms with E-state index in [0.717, 1.165) is 10.7 Å². The molecule has 0 saturated heterocycles. The highest BCUT2D eigenvalue weighted by Crippen LogP contribution is 2.28. The molecule has 2 rings (SSSR count). The van der Waals surface area contributed by atoms with E-state index in [2.05, 4.69) is 9.97 Å². The first-order chi connectivity index (χ1) is 8.39. The topological polar surface area (TPSA) is 63.1 Å². The van der Waals surface area contributed by atoms with Gasteiger partial charge in [0.15, 0.2) is 0 Å². The van der Waals surface area contributed by atoms with Crippen LogP contribution in [0.4, 0.5) is 0 Å². The molecule has 1 N–H and O–H groups in total. The second kappa shape index (κ2) is 4.49. The molecular formula is C13H14N2O2S. The Bertz CT molecular complexity index is 571. The van der Waals surface area contributed by atoms with Crippen LogP contribution in [0.3, 0.4) is 0 Å². The molecule has 0 spiro atoms. The van der Waals surface area contributed by atoms with Crippen LogP contribution in [0.5, 0.6) is 0 Å². The third-order valence-corrected chi connectivity index (χ3v) is 3.28. The number of aromatic nitrogens is 2. The molecule has 0 aliphatic rings. The van der Waals surface area contributed by atoms with E-state index in [1.165, 1.54) is 11.3 Å². The summed E-state index contributed by atoms with van der Waals surface area (Å²) in [4.78, 5) is 19.9. The largest absolute Gasteiger partial charge is 0.478 e. The number of carbonyl (C=O) groups is 1. The van der Waals surface area contributed by atoms with Crippen LogP contribution < -0.4 is 0 Å². The van der Waals surface area contributed by atoms with Gasteiger partial charge >= 0.3 is 5.97 Å². The lowest BCUT2D eigenvalue weighted by molar-refractivity contribution is 0.0693. The molecule has 0 fully saturated rings. The zero-order valence-corrected chi connectivity index (χ0v) is 11.3. The molecule has 4 nitrogen and oxygen atoms in total. The van der Waals surface area contributed by atoms with Gasteiger partial charge in [-0.05, 0) is 12.1 Å². The molecule has 2 aromatic rings. The highest BCUT2D eigenvalue weighted by atomic mass is 32.1. The summed E-state index contributed by atoms with van der Waals surface area (Å²) in [5.41, 5.74) is 1.24. The van der Waals surface area contributed by atoms with Crippen LogP contribution in [0.2, 0.25) is 0 Å². The van der Waals surface area contributed by atoms with Crippen molar-refractivity contribution in [3.05, 3.63) is 35.0 Å². The monoisotopic (exact) mass is 262 g/mol. The summed E-state index contributed by atoms with van der Waals surface area (Å²) >= 11 is 1.49. The summed E-state index contributed by atoms with van der Waals surface area (Å²) < 4.78 is 0. The molecule has 0 atom stereocenters. The fourth-order valence-electron chi connectivity index (χ4n) is 1.67. The van der Waals surface area contributed by atoms with E-state index in [1.54, 1.807) is 18.3 Å². The van der Waals surface area contributed by atoms with E-state index in [0.29, 0.717) is 5.69 Å². The SMILES string of the molecule is CC(C)(C)c1nc(-c2nccs2)ccc1C(=O)O. The van der Waals surface area contributed by atoms with Gasteiger partial charge in [0.05, 0.1) is 17.0 Å². The van der Waals surface area contributed by atoms with E-state index >= 15 is 0 Å². The third kappa shape index (κ3) is 2.41. The highest BCUT2D eigenvalue weighted by Gasteiger charge is 2.24. The Morgan fingerprint density at radius 2 is 2.06 bits per heavy atom. The lowest BCUT2D eigenvalue weighted by Crippen LogP contribution is -2.19. The first kappa shape index (κ1) is 12.7. The van der Waals surface area contributed by atoms with Crippen LogP contribution in [-0.4, -0.2) is 21.0 Å². The maximum absolute atomic E-state index is 11.2. The van der Waals surface area contributed by atoms with E-state index in [1.807, 2.05) is 26.2 Å². The van der Waals surface area contributed by atoms with Crippen molar-refractivity contribution in [3.8, 4) is 10.7 Å². The van der Waals surface area contributed by atoms with Crippen molar-refractivity contribution in [2.45, 2.75) is 26.2 Å². The minimum Gasteiger partial charge on any atom is -0.478 e. The van der Waals surface area contributed by atoms with Crippen LogP contribution in [0.15, 0.2) is 23.7 Å². The van der Waals surface area contributed by atoms with Crippen LogP contribution in [0.25, 0.3) is 10.7 Å². The highest BCUT2D eigenvalue weighted by molar-refractivity contribution is 7.13. The van der Waals surface area contributed by atoms with Gasteiger partial charge in [0.1, 0.15) is 5.01 Å². The minimum absolute atomic E-state index is 0.253. The lowest BCUT2D eigenvalue weighted by Gasteiger charge is -2.20. The van der Waals surface area contributed by atoms with Crippen molar-refractivity contribution in [2.75, 3.05) is 0 Å². The van der Waals surface area contributed by atoms with Gasteiger partial charge in [-0.25, -0.2) is 14.8 Å². The van der Waals surface area contributed by atoms with Crippen molar-refractivity contribution < 1.29 is 9.90 Å². The predicted molar refractivity (Wildman–Crippen MR) is 71.0 cm³/mol. The van der Waals surface area contributed by atoms with E-state index in [9.17, 15) is 9.90 Å². The number of pyridine rings is 1. The molecule has 18 heavy (non-hydrogen) atoms. The Morgan fingerprint density at radius 3 is 2.56 bits per heavy atom. The van der Waals surface area contributed by atoms with Gasteiger partial charge in [0.25, 0.3) is 0 Å². The van der Waals surface area contributed by atoms with Gasteiger partial charge in [0.2, 0.25) is 0 Å². The van der Waals surface area contributed by atoms with Crippen molar-refractivity contribution >= 4 is 17.3 Å².